The Bertz CT molecular complexity index is 424. The summed E-state index contributed by atoms with van der Waals surface area (Å²) >= 11 is 0. The lowest BCUT2D eigenvalue weighted by atomic mass is 9.93. The minimum atomic E-state index is 0.0742. The maximum atomic E-state index is 12.0. The Labute approximate surface area is 110 Å². The Hall–Kier alpha value is -1.09. The summed E-state index contributed by atoms with van der Waals surface area (Å²) in [5, 5.41) is 0. The van der Waals surface area contributed by atoms with E-state index in [0.717, 1.165) is 23.4 Å². The lowest BCUT2D eigenvalue weighted by molar-refractivity contribution is 0.0705. The summed E-state index contributed by atoms with van der Waals surface area (Å²) in [7, 11) is 1.97. The molecule has 0 amide bonds. The van der Waals surface area contributed by atoms with E-state index >= 15 is 0 Å². The van der Waals surface area contributed by atoms with E-state index in [1.165, 1.54) is 0 Å². The molecule has 102 valence electrons. The van der Waals surface area contributed by atoms with Gasteiger partial charge in [-0.05, 0) is 31.7 Å². The highest BCUT2D eigenvalue weighted by Gasteiger charge is 2.15. The number of rotatable bonds is 5. The Balaban J connectivity index is 2.49. The van der Waals surface area contributed by atoms with Crippen molar-refractivity contribution in [2.24, 2.45) is 12.5 Å². The smallest absolute Gasteiger partial charge is 0.190 e. The van der Waals surface area contributed by atoms with Crippen LogP contribution in [0.5, 0.6) is 0 Å². The largest absolute Gasteiger partial charge is 0.373 e. The zero-order chi connectivity index (χ0) is 13.9. The first-order valence-electron chi connectivity index (χ1n) is 6.46. The number of aryl methyl sites for hydroxylation is 1. The molecule has 1 rings (SSSR count). The molecule has 0 aromatic carbocycles. The van der Waals surface area contributed by atoms with Crippen LogP contribution in [0.15, 0.2) is 6.07 Å². The molecular weight excluding hydrogens is 226 g/mol. The molecule has 3 heteroatoms. The van der Waals surface area contributed by atoms with E-state index in [-0.39, 0.29) is 17.8 Å². The fraction of sp³-hybridized carbons (Fsp3) is 0.667. The minimum absolute atomic E-state index is 0.0742. The summed E-state index contributed by atoms with van der Waals surface area (Å²) in [4.78, 5) is 12.0. The topological polar surface area (TPSA) is 31.2 Å². The van der Waals surface area contributed by atoms with Crippen LogP contribution in [0.4, 0.5) is 0 Å². The van der Waals surface area contributed by atoms with E-state index in [1.807, 2.05) is 31.5 Å². The van der Waals surface area contributed by atoms with Crippen molar-refractivity contribution in [1.82, 2.24) is 4.57 Å². The quantitative estimate of drug-likeness (QED) is 0.594. The van der Waals surface area contributed by atoms with Crippen LogP contribution in [0.1, 0.15) is 48.9 Å². The van der Waals surface area contributed by atoms with Gasteiger partial charge in [-0.15, -0.1) is 0 Å². The van der Waals surface area contributed by atoms with Crippen LogP contribution >= 0.6 is 0 Å². The zero-order valence-electron chi connectivity index (χ0n) is 12.5. The molecule has 0 fully saturated rings. The normalized spacial score (nSPS) is 11.9. The van der Waals surface area contributed by atoms with Crippen LogP contribution < -0.4 is 0 Å². The molecule has 3 nitrogen and oxygen atoms in total. The zero-order valence-corrected chi connectivity index (χ0v) is 12.5. The van der Waals surface area contributed by atoms with Gasteiger partial charge in [0.05, 0.1) is 0 Å². The van der Waals surface area contributed by atoms with Gasteiger partial charge in [0.1, 0.15) is 6.61 Å². The predicted octanol–water partition coefficient (Wildman–Crippen LogP) is 3.28. The SMILES string of the molecule is Cc1cc(C(=O)COCCC(C)(C)C)c(C)n1C. The maximum absolute atomic E-state index is 12.0. The van der Waals surface area contributed by atoms with Gasteiger partial charge in [0.15, 0.2) is 5.78 Å². The summed E-state index contributed by atoms with van der Waals surface area (Å²) in [6.07, 6.45) is 0.965. The molecule has 0 aliphatic heterocycles. The van der Waals surface area contributed by atoms with Crippen molar-refractivity contribution in [3.05, 3.63) is 23.0 Å². The van der Waals surface area contributed by atoms with Crippen molar-refractivity contribution in [2.45, 2.75) is 41.0 Å². The summed E-state index contributed by atoms with van der Waals surface area (Å²) in [5.74, 6) is 0.0742. The van der Waals surface area contributed by atoms with Gasteiger partial charge in [-0.2, -0.15) is 0 Å². The van der Waals surface area contributed by atoms with Crippen LogP contribution in [-0.4, -0.2) is 23.6 Å². The third-order valence-electron chi connectivity index (χ3n) is 3.31. The minimum Gasteiger partial charge on any atom is -0.373 e. The molecule has 0 radical (unpaired) electrons. The van der Waals surface area contributed by atoms with Crippen LogP contribution in [0.3, 0.4) is 0 Å². The van der Waals surface area contributed by atoms with Gasteiger partial charge in [0, 0.05) is 30.6 Å². The fourth-order valence-corrected chi connectivity index (χ4v) is 1.76. The standard InChI is InChI=1S/C15H25NO2/c1-11-9-13(12(2)16(11)6)14(17)10-18-8-7-15(3,4)5/h9H,7-8,10H2,1-6H3. The Kier molecular flexibility index (Phi) is 4.74. The van der Waals surface area contributed by atoms with E-state index in [2.05, 4.69) is 20.8 Å². The van der Waals surface area contributed by atoms with Crippen molar-refractivity contribution in [3.63, 3.8) is 0 Å². The van der Waals surface area contributed by atoms with Gasteiger partial charge >= 0.3 is 0 Å². The molecule has 0 spiro atoms. The number of nitrogens with zero attached hydrogens (tertiary/aromatic N) is 1. The summed E-state index contributed by atoms with van der Waals surface area (Å²) in [6, 6.07) is 1.94. The number of hydrogen-bond acceptors (Lipinski definition) is 2. The van der Waals surface area contributed by atoms with Crippen LogP contribution in [0.2, 0.25) is 0 Å². The average Bonchev–Trinajstić information content (AvgIpc) is 2.51. The molecule has 0 bridgehead atoms. The molecule has 0 unspecified atom stereocenters. The molecule has 1 aromatic rings. The lowest BCUT2D eigenvalue weighted by Gasteiger charge is -2.17. The molecule has 0 aliphatic carbocycles. The molecule has 1 aromatic heterocycles. The number of aromatic nitrogens is 1. The highest BCUT2D eigenvalue weighted by atomic mass is 16.5. The summed E-state index contributed by atoms with van der Waals surface area (Å²) in [6.45, 7) is 11.3. The number of hydrogen-bond donors (Lipinski definition) is 0. The first kappa shape index (κ1) is 15.0. The Morgan fingerprint density at radius 3 is 2.39 bits per heavy atom. The molecule has 18 heavy (non-hydrogen) atoms. The molecule has 0 saturated carbocycles. The van der Waals surface area contributed by atoms with Crippen LogP contribution in [0.25, 0.3) is 0 Å². The molecule has 0 N–H and O–H groups in total. The molecule has 0 saturated heterocycles. The van der Waals surface area contributed by atoms with Crippen LogP contribution in [-0.2, 0) is 11.8 Å². The van der Waals surface area contributed by atoms with Crippen LogP contribution in [0, 0.1) is 19.3 Å². The number of Topliss-reactive ketones (excluding diaryl/α,β-unsaturated/α-hetero) is 1. The van der Waals surface area contributed by atoms with E-state index in [0.29, 0.717) is 6.61 Å². The number of carbonyl (C=O) groups is 1. The van der Waals surface area contributed by atoms with Gasteiger partial charge in [0.2, 0.25) is 0 Å². The van der Waals surface area contributed by atoms with Crippen molar-refractivity contribution in [2.75, 3.05) is 13.2 Å². The van der Waals surface area contributed by atoms with E-state index in [4.69, 9.17) is 4.74 Å². The first-order chi connectivity index (χ1) is 8.22. The highest BCUT2D eigenvalue weighted by molar-refractivity contribution is 5.98. The number of ketones is 1. The second-order valence-corrected chi connectivity index (χ2v) is 6.13. The van der Waals surface area contributed by atoms with Crippen molar-refractivity contribution in [3.8, 4) is 0 Å². The first-order valence-corrected chi connectivity index (χ1v) is 6.46. The summed E-state index contributed by atoms with van der Waals surface area (Å²) in [5.41, 5.74) is 3.15. The van der Waals surface area contributed by atoms with Gasteiger partial charge < -0.3 is 9.30 Å². The number of carbonyl (C=O) groups excluding carboxylic acids is 1. The summed E-state index contributed by atoms with van der Waals surface area (Å²) < 4.78 is 7.50. The van der Waals surface area contributed by atoms with Gasteiger partial charge in [-0.25, -0.2) is 0 Å². The maximum Gasteiger partial charge on any atom is 0.190 e. The van der Waals surface area contributed by atoms with Crippen molar-refractivity contribution < 1.29 is 9.53 Å². The Morgan fingerprint density at radius 2 is 1.94 bits per heavy atom. The predicted molar refractivity (Wildman–Crippen MR) is 74.1 cm³/mol. The molecule has 0 atom stereocenters. The van der Waals surface area contributed by atoms with E-state index in [1.54, 1.807) is 0 Å². The Morgan fingerprint density at radius 1 is 1.33 bits per heavy atom. The van der Waals surface area contributed by atoms with Gasteiger partial charge in [0.25, 0.3) is 0 Å². The molecular formula is C15H25NO2. The monoisotopic (exact) mass is 251 g/mol. The van der Waals surface area contributed by atoms with Gasteiger partial charge in [-0.1, -0.05) is 20.8 Å². The van der Waals surface area contributed by atoms with Crippen molar-refractivity contribution in [1.29, 1.82) is 0 Å². The third kappa shape index (κ3) is 3.98. The van der Waals surface area contributed by atoms with Crippen molar-refractivity contribution >= 4 is 5.78 Å². The third-order valence-corrected chi connectivity index (χ3v) is 3.31. The van der Waals surface area contributed by atoms with E-state index < -0.39 is 0 Å². The van der Waals surface area contributed by atoms with E-state index in [9.17, 15) is 4.79 Å². The average molecular weight is 251 g/mol. The highest BCUT2D eigenvalue weighted by Crippen LogP contribution is 2.18. The molecule has 1 heterocycles. The lowest BCUT2D eigenvalue weighted by Crippen LogP contribution is -2.14. The second kappa shape index (κ2) is 5.70. The molecule has 0 aliphatic rings. The number of ether oxygens (including phenoxy) is 1. The second-order valence-electron chi connectivity index (χ2n) is 6.13. The fourth-order valence-electron chi connectivity index (χ4n) is 1.76. The van der Waals surface area contributed by atoms with Gasteiger partial charge in [-0.3, -0.25) is 4.79 Å².